The summed E-state index contributed by atoms with van der Waals surface area (Å²) in [6.45, 7) is 11.0. The van der Waals surface area contributed by atoms with Crippen LogP contribution in [0.3, 0.4) is 0 Å². The third kappa shape index (κ3) is 3.37. The van der Waals surface area contributed by atoms with Crippen molar-refractivity contribution in [1.29, 1.82) is 0 Å². The van der Waals surface area contributed by atoms with E-state index in [1.165, 1.54) is 71.2 Å². The standard InChI is InChI=1S/C17H33N3/c1-3-20-11-10-19(12-14(20)2)13-16-9-8-15-6-4-5-7-17(15)18-16/h14-18H,3-13H2,1-2H3. The van der Waals surface area contributed by atoms with E-state index in [1.807, 2.05) is 0 Å². The molecule has 0 aromatic rings. The Labute approximate surface area is 125 Å². The molecular formula is C17H33N3. The average molecular weight is 279 g/mol. The Kier molecular flexibility index (Phi) is 5.00. The number of piperazine rings is 1. The van der Waals surface area contributed by atoms with E-state index in [1.54, 1.807) is 0 Å². The average Bonchev–Trinajstić information content (AvgIpc) is 2.47. The maximum atomic E-state index is 3.99. The molecule has 0 aromatic carbocycles. The Bertz CT molecular complexity index is 307. The lowest BCUT2D eigenvalue weighted by atomic mass is 9.77. The molecule has 2 saturated heterocycles. The molecule has 2 heterocycles. The van der Waals surface area contributed by atoms with Gasteiger partial charge in [0.05, 0.1) is 0 Å². The molecule has 0 amide bonds. The third-order valence-corrected chi connectivity index (χ3v) is 5.98. The van der Waals surface area contributed by atoms with Crippen molar-refractivity contribution in [2.24, 2.45) is 5.92 Å². The highest BCUT2D eigenvalue weighted by Gasteiger charge is 2.33. The van der Waals surface area contributed by atoms with Gasteiger partial charge in [-0.2, -0.15) is 0 Å². The summed E-state index contributed by atoms with van der Waals surface area (Å²) in [7, 11) is 0. The molecule has 116 valence electrons. The van der Waals surface area contributed by atoms with Crippen molar-refractivity contribution in [2.45, 2.75) is 70.5 Å². The maximum Gasteiger partial charge on any atom is 0.0197 e. The van der Waals surface area contributed by atoms with Crippen molar-refractivity contribution in [3.63, 3.8) is 0 Å². The second-order valence-electron chi connectivity index (χ2n) is 7.33. The summed E-state index contributed by atoms with van der Waals surface area (Å²) in [5, 5.41) is 3.99. The molecule has 4 atom stereocenters. The summed E-state index contributed by atoms with van der Waals surface area (Å²) in [5.74, 6) is 0.996. The molecule has 3 fully saturated rings. The number of hydrogen-bond acceptors (Lipinski definition) is 3. The quantitative estimate of drug-likeness (QED) is 0.855. The topological polar surface area (TPSA) is 18.5 Å². The molecule has 3 heteroatoms. The minimum absolute atomic E-state index is 0.736. The first kappa shape index (κ1) is 14.8. The van der Waals surface area contributed by atoms with Gasteiger partial charge in [-0.15, -0.1) is 0 Å². The van der Waals surface area contributed by atoms with Crippen LogP contribution >= 0.6 is 0 Å². The zero-order chi connectivity index (χ0) is 13.9. The van der Waals surface area contributed by atoms with Crippen LogP contribution < -0.4 is 5.32 Å². The predicted octanol–water partition coefficient (Wildman–Crippen LogP) is 2.32. The minimum atomic E-state index is 0.736. The lowest BCUT2D eigenvalue weighted by molar-refractivity contribution is 0.0690. The highest BCUT2D eigenvalue weighted by atomic mass is 15.3. The van der Waals surface area contributed by atoms with Gasteiger partial charge in [0.2, 0.25) is 0 Å². The van der Waals surface area contributed by atoms with E-state index in [4.69, 9.17) is 0 Å². The van der Waals surface area contributed by atoms with Gasteiger partial charge in [-0.3, -0.25) is 9.80 Å². The van der Waals surface area contributed by atoms with Crippen molar-refractivity contribution < 1.29 is 0 Å². The summed E-state index contributed by atoms with van der Waals surface area (Å²) >= 11 is 0. The molecule has 1 N–H and O–H groups in total. The van der Waals surface area contributed by atoms with E-state index >= 15 is 0 Å². The number of rotatable bonds is 3. The molecule has 0 aromatic heterocycles. The Hall–Kier alpha value is -0.120. The van der Waals surface area contributed by atoms with Gasteiger partial charge in [-0.25, -0.2) is 0 Å². The zero-order valence-corrected chi connectivity index (χ0v) is 13.5. The van der Waals surface area contributed by atoms with Crippen LogP contribution in [0.1, 0.15) is 52.4 Å². The third-order valence-electron chi connectivity index (χ3n) is 5.98. The molecule has 3 aliphatic rings. The van der Waals surface area contributed by atoms with Crippen molar-refractivity contribution in [3.05, 3.63) is 0 Å². The van der Waals surface area contributed by atoms with Gasteiger partial charge in [-0.1, -0.05) is 19.8 Å². The van der Waals surface area contributed by atoms with Gasteiger partial charge in [0.25, 0.3) is 0 Å². The first-order valence-corrected chi connectivity index (χ1v) is 8.98. The lowest BCUT2D eigenvalue weighted by Crippen LogP contribution is -2.57. The summed E-state index contributed by atoms with van der Waals surface area (Å²) < 4.78 is 0. The molecule has 4 unspecified atom stereocenters. The van der Waals surface area contributed by atoms with Crippen LogP contribution in [0.5, 0.6) is 0 Å². The lowest BCUT2D eigenvalue weighted by Gasteiger charge is -2.44. The number of piperidine rings is 1. The molecule has 0 radical (unpaired) electrons. The van der Waals surface area contributed by atoms with Crippen molar-refractivity contribution in [3.8, 4) is 0 Å². The normalized spacial score (nSPS) is 40.5. The largest absolute Gasteiger partial charge is 0.310 e. The number of nitrogens with one attached hydrogen (secondary N) is 1. The van der Waals surface area contributed by atoms with Gasteiger partial charge < -0.3 is 5.32 Å². The van der Waals surface area contributed by atoms with E-state index in [0.717, 1.165) is 24.0 Å². The Morgan fingerprint density at radius 2 is 1.90 bits per heavy atom. The zero-order valence-electron chi connectivity index (χ0n) is 13.5. The fraction of sp³-hybridized carbons (Fsp3) is 1.00. The van der Waals surface area contributed by atoms with Gasteiger partial charge in [-0.05, 0) is 45.1 Å². The van der Waals surface area contributed by atoms with Crippen LogP contribution in [0.2, 0.25) is 0 Å². The molecule has 20 heavy (non-hydrogen) atoms. The van der Waals surface area contributed by atoms with Crippen molar-refractivity contribution in [2.75, 3.05) is 32.7 Å². The van der Waals surface area contributed by atoms with E-state index in [2.05, 4.69) is 29.0 Å². The maximum absolute atomic E-state index is 3.99. The van der Waals surface area contributed by atoms with Gasteiger partial charge in [0.1, 0.15) is 0 Å². The molecule has 1 saturated carbocycles. The monoisotopic (exact) mass is 279 g/mol. The van der Waals surface area contributed by atoms with Crippen LogP contribution in [-0.2, 0) is 0 Å². The highest BCUT2D eigenvalue weighted by Crippen LogP contribution is 2.32. The second kappa shape index (κ2) is 6.76. The SMILES string of the molecule is CCN1CCN(CC2CCC3CCCCC3N2)CC1C. The molecule has 2 aliphatic heterocycles. The molecular weight excluding hydrogens is 246 g/mol. The molecule has 0 spiro atoms. The van der Waals surface area contributed by atoms with Gasteiger partial charge in [0.15, 0.2) is 0 Å². The summed E-state index contributed by atoms with van der Waals surface area (Å²) in [6, 6.07) is 2.34. The van der Waals surface area contributed by atoms with Crippen LogP contribution in [0.4, 0.5) is 0 Å². The van der Waals surface area contributed by atoms with Crippen LogP contribution in [0.15, 0.2) is 0 Å². The van der Waals surface area contributed by atoms with E-state index in [-0.39, 0.29) is 0 Å². The first-order chi connectivity index (χ1) is 9.76. The van der Waals surface area contributed by atoms with E-state index in [0.29, 0.717) is 0 Å². The van der Waals surface area contributed by atoms with E-state index in [9.17, 15) is 0 Å². The summed E-state index contributed by atoms with van der Waals surface area (Å²) in [6.07, 6.45) is 8.73. The minimum Gasteiger partial charge on any atom is -0.310 e. The molecule has 0 bridgehead atoms. The van der Waals surface area contributed by atoms with Crippen LogP contribution in [0.25, 0.3) is 0 Å². The number of likely N-dealkylation sites (N-methyl/N-ethyl adjacent to an activating group) is 1. The fourth-order valence-electron chi connectivity index (χ4n) is 4.74. The number of fused-ring (bicyclic) bond motifs is 1. The Balaban J connectivity index is 1.46. The van der Waals surface area contributed by atoms with Crippen molar-refractivity contribution >= 4 is 0 Å². The van der Waals surface area contributed by atoms with E-state index < -0.39 is 0 Å². The molecule has 1 aliphatic carbocycles. The van der Waals surface area contributed by atoms with Gasteiger partial charge in [0, 0.05) is 44.3 Å². The van der Waals surface area contributed by atoms with Gasteiger partial charge >= 0.3 is 0 Å². The second-order valence-corrected chi connectivity index (χ2v) is 7.33. The predicted molar refractivity (Wildman–Crippen MR) is 85.1 cm³/mol. The Morgan fingerprint density at radius 3 is 2.70 bits per heavy atom. The molecule has 3 rings (SSSR count). The summed E-state index contributed by atoms with van der Waals surface area (Å²) in [5.41, 5.74) is 0. The van der Waals surface area contributed by atoms with Crippen molar-refractivity contribution in [1.82, 2.24) is 15.1 Å². The smallest absolute Gasteiger partial charge is 0.0197 e. The van der Waals surface area contributed by atoms with Crippen LogP contribution in [-0.4, -0.2) is 60.6 Å². The fourth-order valence-corrected chi connectivity index (χ4v) is 4.74. The Morgan fingerprint density at radius 1 is 1.05 bits per heavy atom. The first-order valence-electron chi connectivity index (χ1n) is 8.98. The van der Waals surface area contributed by atoms with Crippen LogP contribution in [0, 0.1) is 5.92 Å². The number of nitrogens with zero attached hydrogens (tertiary/aromatic N) is 2. The highest BCUT2D eigenvalue weighted by molar-refractivity contribution is 4.91. The number of hydrogen-bond donors (Lipinski definition) is 1. The summed E-state index contributed by atoms with van der Waals surface area (Å²) in [4.78, 5) is 5.32. The molecule has 3 nitrogen and oxygen atoms in total.